The Morgan fingerprint density at radius 2 is 1.69 bits per heavy atom. The molecule has 1 amide bonds. The lowest BCUT2D eigenvalue weighted by Gasteiger charge is -2.32. The summed E-state index contributed by atoms with van der Waals surface area (Å²) in [5, 5.41) is 2.75. The van der Waals surface area contributed by atoms with Crippen molar-refractivity contribution in [2.45, 2.75) is 18.2 Å². The number of carbonyl (C=O) groups is 1. The average Bonchev–Trinajstić information content (AvgIpc) is 2.81. The van der Waals surface area contributed by atoms with Crippen LogP contribution in [0.25, 0.3) is 11.1 Å². The SMILES string of the molecule is CCc1ccc2c(c1)-c1ccccc1S(=O)(=O)N2CC(=O)Nc1ccc(OC)c(OC)c1. The third-order valence-electron chi connectivity index (χ3n) is 5.44. The first-order chi connectivity index (χ1) is 15.4. The van der Waals surface area contributed by atoms with Crippen molar-refractivity contribution < 1.29 is 22.7 Å². The first-order valence-electron chi connectivity index (χ1n) is 10.2. The Morgan fingerprint density at radius 3 is 2.41 bits per heavy atom. The number of fused-ring (bicyclic) bond motifs is 3. The molecule has 0 bridgehead atoms. The van der Waals surface area contributed by atoms with Gasteiger partial charge in [0.2, 0.25) is 5.91 Å². The van der Waals surface area contributed by atoms with Gasteiger partial charge in [-0.05, 0) is 42.3 Å². The summed E-state index contributed by atoms with van der Waals surface area (Å²) in [5.74, 6) is 0.523. The molecule has 8 heteroatoms. The number of rotatable bonds is 6. The average molecular weight is 453 g/mol. The molecule has 1 heterocycles. The molecule has 0 aliphatic carbocycles. The lowest BCUT2D eigenvalue weighted by molar-refractivity contribution is -0.114. The molecule has 4 rings (SSSR count). The van der Waals surface area contributed by atoms with Gasteiger partial charge in [0.1, 0.15) is 6.54 Å². The van der Waals surface area contributed by atoms with Crippen LogP contribution in [0.15, 0.2) is 65.6 Å². The maximum absolute atomic E-state index is 13.4. The summed E-state index contributed by atoms with van der Waals surface area (Å²) in [6, 6.07) is 17.5. The van der Waals surface area contributed by atoms with Crippen molar-refractivity contribution in [1.29, 1.82) is 0 Å². The number of hydrogen-bond acceptors (Lipinski definition) is 5. The van der Waals surface area contributed by atoms with E-state index in [0.717, 1.165) is 17.5 Å². The number of carbonyl (C=O) groups excluding carboxylic acids is 1. The molecule has 166 valence electrons. The topological polar surface area (TPSA) is 84.9 Å². The highest BCUT2D eigenvalue weighted by atomic mass is 32.2. The standard InChI is InChI=1S/C24H24N2O5S/c1-4-16-9-11-20-19(13-16)18-7-5-6-8-23(18)32(28,29)26(20)15-24(27)25-17-10-12-21(30-2)22(14-17)31-3/h5-14H,4,15H2,1-3H3,(H,25,27). The highest BCUT2D eigenvalue weighted by Gasteiger charge is 2.36. The Kier molecular flexibility index (Phi) is 5.80. The van der Waals surface area contributed by atoms with Crippen LogP contribution >= 0.6 is 0 Å². The minimum absolute atomic E-state index is 0.194. The molecule has 32 heavy (non-hydrogen) atoms. The van der Waals surface area contributed by atoms with Crippen molar-refractivity contribution in [1.82, 2.24) is 0 Å². The first-order valence-corrected chi connectivity index (χ1v) is 11.6. The fraction of sp³-hybridized carbons (Fsp3) is 0.208. The highest BCUT2D eigenvalue weighted by Crippen LogP contribution is 2.43. The summed E-state index contributed by atoms with van der Waals surface area (Å²) in [5.41, 5.74) is 3.50. The van der Waals surface area contributed by atoms with Crippen LogP contribution in [0.2, 0.25) is 0 Å². The molecule has 0 radical (unpaired) electrons. The van der Waals surface area contributed by atoms with E-state index in [1.54, 1.807) is 42.5 Å². The van der Waals surface area contributed by atoms with E-state index < -0.39 is 15.9 Å². The quantitative estimate of drug-likeness (QED) is 0.609. The van der Waals surface area contributed by atoms with E-state index >= 15 is 0 Å². The third-order valence-corrected chi connectivity index (χ3v) is 7.26. The zero-order valence-corrected chi connectivity index (χ0v) is 18.9. The fourth-order valence-corrected chi connectivity index (χ4v) is 5.46. The molecule has 3 aromatic carbocycles. The van der Waals surface area contributed by atoms with Crippen LogP contribution in [0.4, 0.5) is 11.4 Å². The van der Waals surface area contributed by atoms with Gasteiger partial charge in [-0.15, -0.1) is 0 Å². The number of amides is 1. The van der Waals surface area contributed by atoms with Gasteiger partial charge in [0.05, 0.1) is 24.8 Å². The van der Waals surface area contributed by atoms with Crippen molar-refractivity contribution in [3.63, 3.8) is 0 Å². The first kappa shape index (κ1) is 21.7. The largest absolute Gasteiger partial charge is 0.493 e. The van der Waals surface area contributed by atoms with Gasteiger partial charge in [-0.25, -0.2) is 8.42 Å². The zero-order chi connectivity index (χ0) is 22.9. The van der Waals surface area contributed by atoms with Crippen LogP contribution in [-0.2, 0) is 21.2 Å². The van der Waals surface area contributed by atoms with Gasteiger partial charge < -0.3 is 14.8 Å². The van der Waals surface area contributed by atoms with Crippen molar-refractivity contribution in [2.75, 3.05) is 30.4 Å². The second kappa shape index (κ2) is 8.55. The maximum Gasteiger partial charge on any atom is 0.265 e. The number of sulfonamides is 1. The smallest absolute Gasteiger partial charge is 0.265 e. The molecule has 0 fully saturated rings. The summed E-state index contributed by atoms with van der Waals surface area (Å²) in [6.45, 7) is 1.69. The number of methoxy groups -OCH3 is 2. The van der Waals surface area contributed by atoms with Gasteiger partial charge in [0.25, 0.3) is 10.0 Å². The number of nitrogens with one attached hydrogen (secondary N) is 1. The van der Waals surface area contributed by atoms with E-state index in [9.17, 15) is 13.2 Å². The molecule has 7 nitrogen and oxygen atoms in total. The summed E-state index contributed by atoms with van der Waals surface area (Å²) in [4.78, 5) is 13.1. The van der Waals surface area contributed by atoms with Crippen LogP contribution in [0.5, 0.6) is 11.5 Å². The van der Waals surface area contributed by atoms with Crippen LogP contribution in [-0.4, -0.2) is 35.1 Å². The Bertz CT molecular complexity index is 1290. The Hall–Kier alpha value is -3.52. The lowest BCUT2D eigenvalue weighted by Crippen LogP contribution is -2.40. The van der Waals surface area contributed by atoms with E-state index in [1.165, 1.54) is 18.5 Å². The van der Waals surface area contributed by atoms with Crippen molar-refractivity contribution in [3.05, 3.63) is 66.2 Å². The maximum atomic E-state index is 13.4. The van der Waals surface area contributed by atoms with E-state index in [4.69, 9.17) is 9.47 Å². The molecule has 1 aliphatic rings. The fourth-order valence-electron chi connectivity index (χ4n) is 3.81. The van der Waals surface area contributed by atoms with Gasteiger partial charge in [-0.2, -0.15) is 0 Å². The predicted molar refractivity (Wildman–Crippen MR) is 124 cm³/mol. The van der Waals surface area contributed by atoms with Crippen LogP contribution < -0.4 is 19.1 Å². The minimum Gasteiger partial charge on any atom is -0.493 e. The number of aryl methyl sites for hydroxylation is 1. The number of nitrogens with zero attached hydrogens (tertiary/aromatic N) is 1. The monoisotopic (exact) mass is 452 g/mol. The molecule has 1 aliphatic heterocycles. The van der Waals surface area contributed by atoms with Crippen molar-refractivity contribution in [2.24, 2.45) is 0 Å². The zero-order valence-electron chi connectivity index (χ0n) is 18.1. The lowest BCUT2D eigenvalue weighted by atomic mass is 9.99. The normalized spacial score (nSPS) is 13.7. The van der Waals surface area contributed by atoms with Crippen LogP contribution in [0.1, 0.15) is 12.5 Å². The molecule has 0 saturated carbocycles. The number of hydrogen-bond donors (Lipinski definition) is 1. The third kappa shape index (κ3) is 3.78. The van der Waals surface area contributed by atoms with Crippen LogP contribution in [0.3, 0.4) is 0 Å². The molecular weight excluding hydrogens is 428 g/mol. The Morgan fingerprint density at radius 1 is 0.938 bits per heavy atom. The van der Waals surface area contributed by atoms with E-state index in [1.807, 2.05) is 25.1 Å². The van der Waals surface area contributed by atoms with E-state index in [2.05, 4.69) is 5.32 Å². The number of ether oxygens (including phenoxy) is 2. The van der Waals surface area contributed by atoms with Gasteiger partial charge in [0, 0.05) is 22.9 Å². The molecule has 0 unspecified atom stereocenters. The summed E-state index contributed by atoms with van der Waals surface area (Å²) in [6.07, 6.45) is 0.821. The second-order valence-electron chi connectivity index (χ2n) is 7.33. The molecular formula is C24H24N2O5S. The van der Waals surface area contributed by atoms with Gasteiger partial charge in [-0.1, -0.05) is 31.2 Å². The molecule has 0 spiro atoms. The summed E-state index contributed by atoms with van der Waals surface area (Å²) in [7, 11) is -0.872. The van der Waals surface area contributed by atoms with Gasteiger partial charge in [0.15, 0.2) is 11.5 Å². The van der Waals surface area contributed by atoms with Crippen molar-refractivity contribution in [3.8, 4) is 22.6 Å². The number of benzene rings is 3. The minimum atomic E-state index is -3.90. The molecule has 0 atom stereocenters. The molecule has 0 aromatic heterocycles. The van der Waals surface area contributed by atoms with E-state index in [0.29, 0.717) is 28.4 Å². The number of anilines is 2. The Labute approximate surface area is 187 Å². The predicted octanol–water partition coefficient (Wildman–Crippen LogP) is 4.08. The van der Waals surface area contributed by atoms with Gasteiger partial charge in [-0.3, -0.25) is 9.10 Å². The second-order valence-corrected chi connectivity index (χ2v) is 9.16. The van der Waals surface area contributed by atoms with Crippen LogP contribution in [0, 0.1) is 0 Å². The van der Waals surface area contributed by atoms with Gasteiger partial charge >= 0.3 is 0 Å². The summed E-state index contributed by atoms with van der Waals surface area (Å²) >= 11 is 0. The summed E-state index contributed by atoms with van der Waals surface area (Å²) < 4.78 is 38.4. The molecule has 0 saturated heterocycles. The molecule has 1 N–H and O–H groups in total. The molecule has 3 aromatic rings. The van der Waals surface area contributed by atoms with Crippen molar-refractivity contribution >= 4 is 27.3 Å². The van der Waals surface area contributed by atoms with E-state index in [-0.39, 0.29) is 11.4 Å². The Balaban J connectivity index is 1.69. The highest BCUT2D eigenvalue weighted by molar-refractivity contribution is 7.93.